The highest BCUT2D eigenvalue weighted by molar-refractivity contribution is 5.99. The smallest absolute Gasteiger partial charge is 0.253 e. The summed E-state index contributed by atoms with van der Waals surface area (Å²) in [7, 11) is 3.47. The molecule has 118 valence electrons. The number of amides is 1. The molecule has 1 amide bonds. The number of carbonyl (C=O) groups excluding carboxylic acids is 1. The van der Waals surface area contributed by atoms with Gasteiger partial charge in [-0.1, -0.05) is 11.6 Å². The molecule has 0 atom stereocenters. The number of benzene rings is 1. The molecule has 0 bridgehead atoms. The lowest BCUT2D eigenvalue weighted by molar-refractivity contribution is 0.0686. The molecule has 0 radical (unpaired) electrons. The van der Waals surface area contributed by atoms with Gasteiger partial charge in [0.2, 0.25) is 0 Å². The van der Waals surface area contributed by atoms with E-state index < -0.39 is 0 Å². The van der Waals surface area contributed by atoms with Crippen molar-refractivity contribution < 1.29 is 14.3 Å². The first-order chi connectivity index (χ1) is 10.2. The molecule has 5 heteroatoms. The van der Waals surface area contributed by atoms with Crippen LogP contribution in [0.4, 0.5) is 5.69 Å². The van der Waals surface area contributed by atoms with Gasteiger partial charge in [0, 0.05) is 33.0 Å². The summed E-state index contributed by atoms with van der Waals surface area (Å²) in [6.07, 6.45) is 1.83. The van der Waals surface area contributed by atoms with Gasteiger partial charge in [0.05, 0.1) is 18.8 Å². The zero-order chi connectivity index (χ0) is 15.5. The quantitative estimate of drug-likeness (QED) is 0.650. The number of unbranched alkanes of at least 4 members (excludes halogenated alkanes) is 1. The van der Waals surface area contributed by atoms with Gasteiger partial charge in [-0.2, -0.15) is 0 Å². The van der Waals surface area contributed by atoms with Crippen molar-refractivity contribution in [3.05, 3.63) is 29.3 Å². The summed E-state index contributed by atoms with van der Waals surface area (Å²) >= 11 is 0. The van der Waals surface area contributed by atoms with Gasteiger partial charge < -0.3 is 20.1 Å². The molecular weight excluding hydrogens is 268 g/mol. The summed E-state index contributed by atoms with van der Waals surface area (Å²) < 4.78 is 10.3. The first kappa shape index (κ1) is 17.5. The fourth-order valence-corrected chi connectivity index (χ4v) is 1.93. The molecule has 0 aliphatic rings. The molecule has 1 aromatic carbocycles. The summed E-state index contributed by atoms with van der Waals surface area (Å²) in [5.74, 6) is -0.0386. The van der Waals surface area contributed by atoms with Crippen LogP contribution in [0.15, 0.2) is 18.2 Å². The monoisotopic (exact) mass is 294 g/mol. The molecule has 5 nitrogen and oxygen atoms in total. The molecule has 0 saturated heterocycles. The Morgan fingerprint density at radius 3 is 2.71 bits per heavy atom. The third-order valence-electron chi connectivity index (χ3n) is 3.12. The molecule has 0 unspecified atom stereocenters. The highest BCUT2D eigenvalue weighted by Gasteiger charge is 2.10. The first-order valence-electron chi connectivity index (χ1n) is 7.32. The molecule has 0 heterocycles. The summed E-state index contributed by atoms with van der Waals surface area (Å²) in [5.41, 5.74) is 2.61. The normalized spacial score (nSPS) is 10.4. The van der Waals surface area contributed by atoms with Crippen LogP contribution in [0.2, 0.25) is 0 Å². The topological polar surface area (TPSA) is 59.6 Å². The Hall–Kier alpha value is -1.59. The predicted molar refractivity (Wildman–Crippen MR) is 85.0 cm³/mol. The molecule has 0 saturated carbocycles. The van der Waals surface area contributed by atoms with Crippen LogP contribution in [0.3, 0.4) is 0 Å². The van der Waals surface area contributed by atoms with Crippen LogP contribution >= 0.6 is 0 Å². The second-order valence-corrected chi connectivity index (χ2v) is 4.87. The Balaban J connectivity index is 2.26. The van der Waals surface area contributed by atoms with Crippen LogP contribution in [0, 0.1) is 6.92 Å². The van der Waals surface area contributed by atoms with Crippen LogP contribution in [-0.2, 0) is 9.47 Å². The zero-order valence-corrected chi connectivity index (χ0v) is 13.2. The fourth-order valence-electron chi connectivity index (χ4n) is 1.93. The minimum absolute atomic E-state index is 0.0386. The average molecular weight is 294 g/mol. The van der Waals surface area contributed by atoms with Crippen molar-refractivity contribution in [1.82, 2.24) is 5.32 Å². The number of rotatable bonds is 10. The summed E-state index contributed by atoms with van der Waals surface area (Å²) in [6.45, 7) is 4.58. The van der Waals surface area contributed by atoms with Gasteiger partial charge in [0.1, 0.15) is 0 Å². The molecule has 2 N–H and O–H groups in total. The van der Waals surface area contributed by atoms with Crippen molar-refractivity contribution in [3.8, 4) is 0 Å². The highest BCUT2D eigenvalue weighted by Crippen LogP contribution is 2.16. The molecule has 0 aromatic heterocycles. The van der Waals surface area contributed by atoms with E-state index in [0.717, 1.165) is 24.1 Å². The maximum Gasteiger partial charge on any atom is 0.253 e. The van der Waals surface area contributed by atoms with Crippen LogP contribution < -0.4 is 10.6 Å². The van der Waals surface area contributed by atoms with E-state index in [4.69, 9.17) is 9.47 Å². The van der Waals surface area contributed by atoms with Crippen molar-refractivity contribution in [2.45, 2.75) is 19.8 Å². The number of aryl methyl sites for hydroxylation is 1. The predicted octanol–water partition coefficient (Wildman–Crippen LogP) is 2.21. The molecule has 0 fully saturated rings. The minimum Gasteiger partial charge on any atom is -0.387 e. The van der Waals surface area contributed by atoms with E-state index in [1.807, 2.05) is 32.2 Å². The van der Waals surface area contributed by atoms with Crippen molar-refractivity contribution in [3.63, 3.8) is 0 Å². The number of hydrogen-bond acceptors (Lipinski definition) is 4. The van der Waals surface area contributed by atoms with Gasteiger partial charge in [0.25, 0.3) is 5.91 Å². The van der Waals surface area contributed by atoms with E-state index in [-0.39, 0.29) is 5.91 Å². The van der Waals surface area contributed by atoms with Crippen LogP contribution in [0.25, 0.3) is 0 Å². The summed E-state index contributed by atoms with van der Waals surface area (Å²) in [4.78, 5) is 12.2. The first-order valence-corrected chi connectivity index (χ1v) is 7.32. The third kappa shape index (κ3) is 6.60. The minimum atomic E-state index is -0.0386. The summed E-state index contributed by atoms with van der Waals surface area (Å²) in [6, 6.07) is 5.81. The Labute approximate surface area is 127 Å². The molecular formula is C16H26N2O3. The largest absolute Gasteiger partial charge is 0.387 e. The molecule has 0 aliphatic heterocycles. The lowest BCUT2D eigenvalue weighted by Gasteiger charge is -2.11. The standard InChI is InChI=1S/C16H26N2O3/c1-13-6-7-15(17-2)14(12-13)16(19)18-8-4-5-9-21-11-10-20-3/h6-7,12,17H,4-5,8-11H2,1-3H3,(H,18,19). The Morgan fingerprint density at radius 1 is 1.19 bits per heavy atom. The van der Waals surface area contributed by atoms with Crippen LogP contribution in [-0.4, -0.2) is 46.4 Å². The number of methoxy groups -OCH3 is 1. The number of carbonyl (C=O) groups is 1. The van der Waals surface area contributed by atoms with E-state index in [1.165, 1.54) is 0 Å². The van der Waals surface area contributed by atoms with Crippen molar-refractivity contribution in [1.29, 1.82) is 0 Å². The molecule has 0 aliphatic carbocycles. The van der Waals surface area contributed by atoms with Gasteiger partial charge in [-0.3, -0.25) is 4.79 Å². The van der Waals surface area contributed by atoms with Crippen molar-refractivity contribution >= 4 is 11.6 Å². The number of nitrogens with one attached hydrogen (secondary N) is 2. The molecule has 1 aromatic rings. The number of anilines is 1. The number of hydrogen-bond donors (Lipinski definition) is 2. The van der Waals surface area contributed by atoms with E-state index in [0.29, 0.717) is 31.9 Å². The Morgan fingerprint density at radius 2 is 2.00 bits per heavy atom. The van der Waals surface area contributed by atoms with Gasteiger partial charge in [-0.15, -0.1) is 0 Å². The molecule has 1 rings (SSSR count). The second kappa shape index (κ2) is 10.2. The van der Waals surface area contributed by atoms with Crippen LogP contribution in [0.5, 0.6) is 0 Å². The molecule has 21 heavy (non-hydrogen) atoms. The third-order valence-corrected chi connectivity index (χ3v) is 3.12. The second-order valence-electron chi connectivity index (χ2n) is 4.87. The SMILES string of the molecule is CNc1ccc(C)cc1C(=O)NCCCCOCCOC. The van der Waals surface area contributed by atoms with Gasteiger partial charge in [-0.05, 0) is 31.9 Å². The Bertz CT molecular complexity index is 436. The van der Waals surface area contributed by atoms with Crippen molar-refractivity contribution in [2.75, 3.05) is 45.8 Å². The highest BCUT2D eigenvalue weighted by atomic mass is 16.5. The van der Waals surface area contributed by atoms with Gasteiger partial charge in [-0.25, -0.2) is 0 Å². The van der Waals surface area contributed by atoms with Crippen molar-refractivity contribution in [2.24, 2.45) is 0 Å². The zero-order valence-electron chi connectivity index (χ0n) is 13.2. The maximum absolute atomic E-state index is 12.2. The lowest BCUT2D eigenvalue weighted by Crippen LogP contribution is -2.25. The maximum atomic E-state index is 12.2. The lowest BCUT2D eigenvalue weighted by atomic mass is 10.1. The van der Waals surface area contributed by atoms with Gasteiger partial charge in [0.15, 0.2) is 0 Å². The van der Waals surface area contributed by atoms with E-state index >= 15 is 0 Å². The van der Waals surface area contributed by atoms with E-state index in [1.54, 1.807) is 7.11 Å². The van der Waals surface area contributed by atoms with Crippen LogP contribution in [0.1, 0.15) is 28.8 Å². The fraction of sp³-hybridized carbons (Fsp3) is 0.562. The number of ether oxygens (including phenoxy) is 2. The summed E-state index contributed by atoms with van der Waals surface area (Å²) in [5, 5.41) is 5.99. The Kier molecular flexibility index (Phi) is 8.47. The van der Waals surface area contributed by atoms with E-state index in [2.05, 4.69) is 10.6 Å². The molecule has 0 spiro atoms. The van der Waals surface area contributed by atoms with Gasteiger partial charge >= 0.3 is 0 Å². The average Bonchev–Trinajstić information content (AvgIpc) is 2.49. The van der Waals surface area contributed by atoms with E-state index in [9.17, 15) is 4.79 Å².